The summed E-state index contributed by atoms with van der Waals surface area (Å²) in [5.74, 6) is 0.0109. The van der Waals surface area contributed by atoms with Crippen molar-refractivity contribution in [1.29, 1.82) is 0 Å². The third-order valence-electron chi connectivity index (χ3n) is 4.69. The van der Waals surface area contributed by atoms with Gasteiger partial charge in [-0.25, -0.2) is 9.37 Å². The van der Waals surface area contributed by atoms with E-state index in [1.807, 2.05) is 24.3 Å². The van der Waals surface area contributed by atoms with Gasteiger partial charge in [0.2, 0.25) is 0 Å². The minimum atomic E-state index is -0.276. The standard InChI is InChI=1S/C23H25FN4O/c1-3-28(4-2)20-11-9-19(10-12-20)27-23(29)17-13-14-25-22(15-17)26-16-18-7-5-6-8-21(18)24/h5-15H,3-4,16H2,1-2H3,(H,25,26)(H,27,29). The molecule has 1 heterocycles. The lowest BCUT2D eigenvalue weighted by Gasteiger charge is -2.21. The molecule has 6 heteroatoms. The van der Waals surface area contributed by atoms with Gasteiger partial charge in [0.15, 0.2) is 0 Å². The van der Waals surface area contributed by atoms with E-state index >= 15 is 0 Å². The maximum absolute atomic E-state index is 13.7. The summed E-state index contributed by atoms with van der Waals surface area (Å²) in [4.78, 5) is 19.0. The number of hydrogen-bond acceptors (Lipinski definition) is 4. The normalized spacial score (nSPS) is 10.4. The Morgan fingerprint density at radius 1 is 1.03 bits per heavy atom. The highest BCUT2D eigenvalue weighted by molar-refractivity contribution is 6.04. The fourth-order valence-corrected chi connectivity index (χ4v) is 3.04. The van der Waals surface area contributed by atoms with E-state index in [1.165, 1.54) is 6.07 Å². The molecule has 0 saturated carbocycles. The summed E-state index contributed by atoms with van der Waals surface area (Å²) in [5.41, 5.74) is 2.86. The van der Waals surface area contributed by atoms with Crippen molar-refractivity contribution >= 4 is 23.1 Å². The van der Waals surface area contributed by atoms with E-state index in [2.05, 4.69) is 34.4 Å². The molecule has 0 aliphatic rings. The highest BCUT2D eigenvalue weighted by Crippen LogP contribution is 2.19. The van der Waals surface area contributed by atoms with Crippen LogP contribution in [0, 0.1) is 5.82 Å². The summed E-state index contributed by atoms with van der Waals surface area (Å²) in [7, 11) is 0. The lowest BCUT2D eigenvalue weighted by molar-refractivity contribution is 0.102. The quantitative estimate of drug-likeness (QED) is 0.571. The summed E-state index contributed by atoms with van der Waals surface area (Å²) in [5, 5.41) is 5.95. The second-order valence-corrected chi connectivity index (χ2v) is 6.55. The molecule has 2 N–H and O–H groups in total. The van der Waals surface area contributed by atoms with Crippen LogP contribution in [0.25, 0.3) is 0 Å². The maximum Gasteiger partial charge on any atom is 0.255 e. The zero-order valence-electron chi connectivity index (χ0n) is 16.7. The van der Waals surface area contributed by atoms with Crippen molar-refractivity contribution in [3.8, 4) is 0 Å². The van der Waals surface area contributed by atoms with E-state index < -0.39 is 0 Å². The largest absolute Gasteiger partial charge is 0.372 e. The number of amides is 1. The molecule has 2 aromatic carbocycles. The second-order valence-electron chi connectivity index (χ2n) is 6.55. The Bertz CT molecular complexity index is 955. The van der Waals surface area contributed by atoms with Gasteiger partial charge in [-0.15, -0.1) is 0 Å². The van der Waals surface area contributed by atoms with E-state index in [0.717, 1.165) is 24.5 Å². The molecular weight excluding hydrogens is 367 g/mol. The Morgan fingerprint density at radius 3 is 2.45 bits per heavy atom. The van der Waals surface area contributed by atoms with Crippen LogP contribution in [0.4, 0.5) is 21.6 Å². The molecule has 1 amide bonds. The van der Waals surface area contributed by atoms with Crippen LogP contribution in [0.1, 0.15) is 29.8 Å². The smallest absolute Gasteiger partial charge is 0.255 e. The van der Waals surface area contributed by atoms with E-state index in [4.69, 9.17) is 0 Å². The van der Waals surface area contributed by atoms with Gasteiger partial charge in [-0.2, -0.15) is 0 Å². The SMILES string of the molecule is CCN(CC)c1ccc(NC(=O)c2ccnc(NCc3ccccc3F)c2)cc1. The van der Waals surface area contributed by atoms with E-state index in [0.29, 0.717) is 16.9 Å². The monoisotopic (exact) mass is 392 g/mol. The van der Waals surface area contributed by atoms with E-state index in [-0.39, 0.29) is 18.3 Å². The number of carbonyl (C=O) groups excluding carboxylic acids is 1. The molecule has 0 unspecified atom stereocenters. The fraction of sp³-hybridized carbons (Fsp3) is 0.217. The van der Waals surface area contributed by atoms with Crippen LogP contribution in [-0.4, -0.2) is 24.0 Å². The first-order chi connectivity index (χ1) is 14.1. The third-order valence-corrected chi connectivity index (χ3v) is 4.69. The van der Waals surface area contributed by atoms with Gasteiger partial charge in [0.05, 0.1) is 0 Å². The third kappa shape index (κ3) is 5.31. The first kappa shape index (κ1) is 20.3. The minimum absolute atomic E-state index is 0.225. The average Bonchev–Trinajstić information content (AvgIpc) is 2.75. The number of pyridine rings is 1. The molecule has 3 aromatic rings. The number of halogens is 1. The Hall–Kier alpha value is -3.41. The molecule has 0 fully saturated rings. The Labute approximate surface area is 170 Å². The van der Waals surface area contributed by atoms with Crippen molar-refractivity contribution < 1.29 is 9.18 Å². The van der Waals surface area contributed by atoms with Gasteiger partial charge >= 0.3 is 0 Å². The van der Waals surface area contributed by atoms with Gasteiger partial charge in [0.25, 0.3) is 5.91 Å². The Morgan fingerprint density at radius 2 is 1.76 bits per heavy atom. The zero-order valence-corrected chi connectivity index (χ0v) is 16.7. The first-order valence-electron chi connectivity index (χ1n) is 9.70. The summed E-state index contributed by atoms with van der Waals surface area (Å²) in [6.07, 6.45) is 1.56. The number of nitrogens with zero attached hydrogens (tertiary/aromatic N) is 2. The molecule has 3 rings (SSSR count). The molecule has 0 aliphatic carbocycles. The molecule has 0 radical (unpaired) electrons. The van der Waals surface area contributed by atoms with Gasteiger partial charge < -0.3 is 15.5 Å². The fourth-order valence-electron chi connectivity index (χ4n) is 3.04. The van der Waals surface area contributed by atoms with Crippen molar-refractivity contribution in [2.24, 2.45) is 0 Å². The summed E-state index contributed by atoms with van der Waals surface area (Å²) in [6, 6.07) is 17.6. The topological polar surface area (TPSA) is 57.3 Å². The highest BCUT2D eigenvalue weighted by Gasteiger charge is 2.09. The number of rotatable bonds is 8. The minimum Gasteiger partial charge on any atom is -0.372 e. The molecule has 0 spiro atoms. The molecule has 0 atom stereocenters. The molecule has 1 aromatic heterocycles. The number of anilines is 3. The first-order valence-corrected chi connectivity index (χ1v) is 9.70. The van der Waals surface area contributed by atoms with E-state index in [1.54, 1.807) is 36.5 Å². The van der Waals surface area contributed by atoms with Crippen LogP contribution < -0.4 is 15.5 Å². The average molecular weight is 392 g/mol. The molecular formula is C23H25FN4O. The predicted molar refractivity (Wildman–Crippen MR) is 116 cm³/mol. The van der Waals surface area contributed by atoms with E-state index in [9.17, 15) is 9.18 Å². The van der Waals surface area contributed by atoms with Crippen molar-refractivity contribution in [2.45, 2.75) is 20.4 Å². The molecule has 0 bridgehead atoms. The number of aromatic nitrogens is 1. The van der Waals surface area contributed by atoms with Crippen LogP contribution in [-0.2, 0) is 6.54 Å². The summed E-state index contributed by atoms with van der Waals surface area (Å²) >= 11 is 0. The summed E-state index contributed by atoms with van der Waals surface area (Å²) in [6.45, 7) is 6.38. The molecule has 5 nitrogen and oxygen atoms in total. The maximum atomic E-state index is 13.7. The second kappa shape index (κ2) is 9.68. The van der Waals surface area contributed by atoms with Crippen molar-refractivity contribution in [3.05, 3.63) is 83.8 Å². The van der Waals surface area contributed by atoms with Crippen LogP contribution in [0.5, 0.6) is 0 Å². The number of carbonyl (C=O) groups is 1. The van der Waals surface area contributed by atoms with Crippen molar-refractivity contribution in [1.82, 2.24) is 4.98 Å². The van der Waals surface area contributed by atoms with Crippen LogP contribution in [0.3, 0.4) is 0 Å². The highest BCUT2D eigenvalue weighted by atomic mass is 19.1. The number of nitrogens with one attached hydrogen (secondary N) is 2. The van der Waals surface area contributed by atoms with Crippen LogP contribution in [0.15, 0.2) is 66.9 Å². The lowest BCUT2D eigenvalue weighted by atomic mass is 10.2. The molecule has 29 heavy (non-hydrogen) atoms. The van der Waals surface area contributed by atoms with Gasteiger partial charge in [-0.1, -0.05) is 18.2 Å². The van der Waals surface area contributed by atoms with Gasteiger partial charge in [-0.05, 0) is 56.3 Å². The zero-order chi connectivity index (χ0) is 20.6. The Balaban J connectivity index is 1.64. The van der Waals surface area contributed by atoms with Crippen molar-refractivity contribution in [3.63, 3.8) is 0 Å². The van der Waals surface area contributed by atoms with Crippen LogP contribution >= 0.6 is 0 Å². The van der Waals surface area contributed by atoms with Gasteiger partial charge in [-0.3, -0.25) is 4.79 Å². The molecule has 0 saturated heterocycles. The van der Waals surface area contributed by atoms with Gasteiger partial charge in [0.1, 0.15) is 11.6 Å². The lowest BCUT2D eigenvalue weighted by Crippen LogP contribution is -2.21. The number of benzene rings is 2. The summed E-state index contributed by atoms with van der Waals surface area (Å²) < 4.78 is 13.7. The number of hydrogen-bond donors (Lipinski definition) is 2. The van der Waals surface area contributed by atoms with Crippen LogP contribution in [0.2, 0.25) is 0 Å². The molecule has 0 aliphatic heterocycles. The van der Waals surface area contributed by atoms with Gasteiger partial charge in [0, 0.05) is 48.3 Å². The van der Waals surface area contributed by atoms with Crippen molar-refractivity contribution in [2.75, 3.05) is 28.6 Å². The Kier molecular flexibility index (Phi) is 6.79. The predicted octanol–water partition coefficient (Wildman–Crippen LogP) is 4.93. The molecule has 150 valence electrons.